The second-order valence-electron chi connectivity index (χ2n) is 16.0. The maximum atomic E-state index is 12.2. The van der Waals surface area contributed by atoms with E-state index < -0.39 is 0 Å². The van der Waals surface area contributed by atoms with Crippen molar-refractivity contribution < 1.29 is 34.6 Å². The van der Waals surface area contributed by atoms with Gasteiger partial charge in [0, 0.05) is 65.2 Å². The van der Waals surface area contributed by atoms with Gasteiger partial charge >= 0.3 is 0 Å². The summed E-state index contributed by atoms with van der Waals surface area (Å²) in [4.78, 5) is 18.4. The van der Waals surface area contributed by atoms with Gasteiger partial charge in [0.15, 0.2) is 5.78 Å². The van der Waals surface area contributed by atoms with Crippen molar-refractivity contribution in [2.45, 2.75) is 114 Å². The third-order valence-corrected chi connectivity index (χ3v) is 12.0. The predicted molar refractivity (Wildman–Crippen MR) is 218 cm³/mol. The Hall–Kier alpha value is -3.31. The van der Waals surface area contributed by atoms with Crippen molar-refractivity contribution in [1.82, 2.24) is 4.98 Å². The van der Waals surface area contributed by atoms with Crippen LogP contribution in [0, 0.1) is 29.9 Å². The number of ketones is 1. The quantitative estimate of drug-likeness (QED) is 0.0622. The molecule has 0 bridgehead atoms. The van der Waals surface area contributed by atoms with E-state index in [4.69, 9.17) is 4.98 Å². The summed E-state index contributed by atoms with van der Waals surface area (Å²) in [6.45, 7) is 23.4. The van der Waals surface area contributed by atoms with Gasteiger partial charge in [-0.1, -0.05) is 105 Å². The predicted octanol–water partition coefficient (Wildman–Crippen LogP) is 12.7. The first kappa shape index (κ1) is 43.1. The van der Waals surface area contributed by atoms with Gasteiger partial charge in [-0.05, 0) is 73.3 Å². The van der Waals surface area contributed by atoms with Crippen LogP contribution in [0.1, 0.15) is 112 Å². The summed E-state index contributed by atoms with van der Waals surface area (Å²) in [6, 6.07) is 23.2. The maximum absolute atomic E-state index is 12.2. The van der Waals surface area contributed by atoms with Crippen LogP contribution in [0.5, 0.6) is 0 Å². The monoisotopic (exact) mass is 896 g/mol. The summed E-state index contributed by atoms with van der Waals surface area (Å²) in [7, 11) is 4.26. The van der Waals surface area contributed by atoms with Crippen LogP contribution in [-0.2, 0) is 36.7 Å². The number of hydrogen-bond donors (Lipinski definition) is 1. The van der Waals surface area contributed by atoms with Crippen LogP contribution >= 0.6 is 11.3 Å². The smallest absolute Gasteiger partial charge is 0.164 e. The number of rotatable bonds is 11. The van der Waals surface area contributed by atoms with Crippen molar-refractivity contribution in [2.75, 3.05) is 0 Å². The normalized spacial score (nSPS) is 12.5. The molecule has 0 saturated carbocycles. The van der Waals surface area contributed by atoms with Crippen molar-refractivity contribution in [2.24, 2.45) is 16.7 Å². The molecule has 0 aliphatic carbocycles. The van der Waals surface area contributed by atoms with Crippen molar-refractivity contribution in [1.29, 1.82) is 0 Å². The van der Waals surface area contributed by atoms with Crippen LogP contribution in [0.25, 0.3) is 43.4 Å². The van der Waals surface area contributed by atoms with Crippen molar-refractivity contribution in [3.05, 3.63) is 102 Å². The number of benzene rings is 2. The Kier molecular flexibility index (Phi) is 14.6. The number of pyridine rings is 2. The van der Waals surface area contributed by atoms with Gasteiger partial charge in [-0.15, -0.1) is 40.5 Å². The fraction of sp³-hybridized carbons (Fsp3) is 0.435. The Labute approximate surface area is 331 Å². The topological polar surface area (TPSA) is 54.1 Å². The SMILES string of the molecule is CCC(C)(CC)C(=O)/C=C(\O)C(C)(CC)CC.[CH2-][n+]1ccc(-c2cc3sc(CC(C)C)cc3cn2)cc1-c1[c-]c2ccccc2c(C(C)(C)C)c1.[Ir]. The molecule has 52 heavy (non-hydrogen) atoms. The molecule has 1 radical (unpaired) electrons. The first-order valence-corrected chi connectivity index (χ1v) is 19.5. The Morgan fingerprint density at radius 2 is 1.58 bits per heavy atom. The molecule has 281 valence electrons. The number of thiophene rings is 1. The zero-order chi connectivity index (χ0) is 37.7. The van der Waals surface area contributed by atoms with Gasteiger partial charge in [-0.3, -0.25) is 9.78 Å². The van der Waals surface area contributed by atoms with Gasteiger partial charge in [-0.2, -0.15) is 0 Å². The Morgan fingerprint density at radius 3 is 2.17 bits per heavy atom. The van der Waals surface area contributed by atoms with E-state index in [-0.39, 0.29) is 47.9 Å². The average Bonchev–Trinajstić information content (AvgIpc) is 3.51. The number of carbonyl (C=O) groups is 1. The van der Waals surface area contributed by atoms with Gasteiger partial charge in [0.05, 0.1) is 11.9 Å². The fourth-order valence-corrected chi connectivity index (χ4v) is 7.53. The molecule has 0 amide bonds. The first-order valence-electron chi connectivity index (χ1n) is 18.6. The van der Waals surface area contributed by atoms with E-state index in [0.29, 0.717) is 5.92 Å². The number of aliphatic hydroxyl groups is 1. The van der Waals surface area contributed by atoms with E-state index >= 15 is 0 Å². The standard InChI is InChI=1S/C31H31N2S.C15H28O2.Ir/c1-20(2)13-25-15-24-19-32-28(18-30(24)34-25)22-11-12-33(6)29(17-22)23-14-21-9-7-8-10-26(21)27(16-23)31(3,4)5;1-7-14(5,8-2)12(16)11-13(17)15(6,9-3)10-4;/h7-12,15-20H,6,13H2,1-5H3;11,16H,7-10H2,1-6H3;/q-1;;/b;12-11-;. The van der Waals surface area contributed by atoms with Gasteiger partial charge in [0.1, 0.15) is 11.5 Å². The van der Waals surface area contributed by atoms with Gasteiger partial charge < -0.3 is 9.67 Å². The molecule has 0 aliphatic rings. The molecule has 4 nitrogen and oxygen atoms in total. The summed E-state index contributed by atoms with van der Waals surface area (Å²) in [5.74, 6) is 0.939. The zero-order valence-corrected chi connectivity index (χ0v) is 36.5. The van der Waals surface area contributed by atoms with Crippen LogP contribution in [0.4, 0.5) is 0 Å². The number of carbonyl (C=O) groups excluding carboxylic acids is 1. The van der Waals surface area contributed by atoms with E-state index in [9.17, 15) is 9.90 Å². The molecule has 2 aromatic carbocycles. The molecule has 3 heterocycles. The Balaban J connectivity index is 0.000000347. The summed E-state index contributed by atoms with van der Waals surface area (Å²) >= 11 is 1.88. The van der Waals surface area contributed by atoms with Gasteiger partial charge in [0.2, 0.25) is 0 Å². The van der Waals surface area contributed by atoms with E-state index in [1.54, 1.807) is 0 Å². The summed E-state index contributed by atoms with van der Waals surface area (Å²) in [5, 5.41) is 13.7. The van der Waals surface area contributed by atoms with E-state index in [1.165, 1.54) is 32.0 Å². The summed E-state index contributed by atoms with van der Waals surface area (Å²) in [5.41, 5.74) is 4.90. The summed E-state index contributed by atoms with van der Waals surface area (Å²) < 4.78 is 3.22. The minimum atomic E-state index is -0.337. The second kappa shape index (κ2) is 17.7. The number of nitrogens with zero attached hydrogens (tertiary/aromatic N) is 2. The number of aliphatic hydroxyl groups excluding tert-OH is 1. The van der Waals surface area contributed by atoms with Crippen molar-refractivity contribution >= 4 is 38.0 Å². The Morgan fingerprint density at radius 1 is 0.942 bits per heavy atom. The number of aromatic nitrogens is 2. The average molecular weight is 896 g/mol. The van der Waals surface area contributed by atoms with E-state index in [0.717, 1.165) is 60.0 Å². The molecule has 0 spiro atoms. The Bertz CT molecular complexity index is 2010. The third-order valence-electron chi connectivity index (χ3n) is 10.9. The van der Waals surface area contributed by atoms with Crippen LogP contribution in [0.3, 0.4) is 0 Å². The third kappa shape index (κ3) is 9.81. The largest absolute Gasteiger partial charge is 0.512 e. The number of fused-ring (bicyclic) bond motifs is 2. The molecular formula is C46H59IrN2O2S-. The first-order chi connectivity index (χ1) is 24.0. The summed E-state index contributed by atoms with van der Waals surface area (Å²) in [6.07, 6.45) is 9.90. The van der Waals surface area contributed by atoms with Crippen molar-refractivity contribution in [3.8, 4) is 22.5 Å². The minimum absolute atomic E-state index is 0. The molecule has 0 unspecified atom stereocenters. The van der Waals surface area contributed by atoms with E-state index in [1.807, 2.05) is 69.8 Å². The molecule has 6 heteroatoms. The molecule has 0 fully saturated rings. The molecule has 3 aromatic heterocycles. The molecule has 5 rings (SSSR count). The number of allylic oxidation sites excluding steroid dienone is 2. The van der Waals surface area contributed by atoms with E-state index in [2.05, 4.69) is 102 Å². The molecule has 1 N–H and O–H groups in total. The maximum Gasteiger partial charge on any atom is 0.164 e. The van der Waals surface area contributed by atoms with Crippen LogP contribution in [-0.4, -0.2) is 15.9 Å². The minimum Gasteiger partial charge on any atom is -0.512 e. The van der Waals surface area contributed by atoms with Gasteiger partial charge in [-0.25, -0.2) is 0 Å². The van der Waals surface area contributed by atoms with Crippen LogP contribution < -0.4 is 4.57 Å². The molecule has 0 saturated heterocycles. The zero-order valence-electron chi connectivity index (χ0n) is 33.2. The van der Waals surface area contributed by atoms with Gasteiger partial charge in [0.25, 0.3) is 0 Å². The van der Waals surface area contributed by atoms with Crippen LogP contribution in [0.2, 0.25) is 0 Å². The molecular weight excluding hydrogens is 837 g/mol. The molecule has 0 atom stereocenters. The van der Waals surface area contributed by atoms with Crippen LogP contribution in [0.15, 0.2) is 78.8 Å². The fourth-order valence-electron chi connectivity index (χ4n) is 6.24. The van der Waals surface area contributed by atoms with Crippen molar-refractivity contribution in [3.63, 3.8) is 0 Å². The molecule has 0 aliphatic heterocycles. The number of hydrogen-bond acceptors (Lipinski definition) is 4. The molecule has 5 aromatic rings. The second-order valence-corrected chi connectivity index (χ2v) is 17.2.